The molecule has 0 amide bonds. The molecule has 0 spiro atoms. The van der Waals surface area contributed by atoms with Gasteiger partial charge in [0.05, 0.1) is 0 Å². The third kappa shape index (κ3) is 3.73. The van der Waals surface area contributed by atoms with Crippen LogP contribution < -0.4 is 4.90 Å². The minimum Gasteiger partial charge on any atom is -0.475 e. The van der Waals surface area contributed by atoms with E-state index in [1.807, 2.05) is 24.3 Å². The van der Waals surface area contributed by atoms with Crippen molar-refractivity contribution in [1.29, 1.82) is 0 Å². The van der Waals surface area contributed by atoms with Crippen LogP contribution >= 0.6 is 0 Å². The molecular formula is C14H17NO3. The third-order valence-corrected chi connectivity index (χ3v) is 2.66. The number of carbonyl (C=O) groups is 2. The number of carboxylic acids is 1. The maximum Gasteiger partial charge on any atom is 0.376 e. The summed E-state index contributed by atoms with van der Waals surface area (Å²) in [5.74, 6) is -2.35. The lowest BCUT2D eigenvalue weighted by Gasteiger charge is -2.20. The number of hydrogen-bond acceptors (Lipinski definition) is 3. The molecule has 0 saturated carbocycles. The average Bonchev–Trinajstić information content (AvgIpc) is 2.38. The molecule has 0 aromatic heterocycles. The Labute approximate surface area is 107 Å². The van der Waals surface area contributed by atoms with Crippen LogP contribution in [0.1, 0.15) is 19.4 Å². The zero-order chi connectivity index (χ0) is 13.5. The molecule has 1 aromatic carbocycles. The second-order valence-electron chi connectivity index (χ2n) is 3.77. The monoisotopic (exact) mass is 247 g/mol. The van der Waals surface area contributed by atoms with E-state index in [0.717, 1.165) is 30.4 Å². The molecule has 1 N–H and O–H groups in total. The van der Waals surface area contributed by atoms with E-state index in [9.17, 15) is 9.59 Å². The van der Waals surface area contributed by atoms with Gasteiger partial charge in [0, 0.05) is 18.8 Å². The molecule has 96 valence electrons. The van der Waals surface area contributed by atoms with E-state index in [-0.39, 0.29) is 0 Å². The zero-order valence-electron chi connectivity index (χ0n) is 10.6. The van der Waals surface area contributed by atoms with Gasteiger partial charge in [-0.05, 0) is 37.6 Å². The highest BCUT2D eigenvalue weighted by molar-refractivity contribution is 6.38. The van der Waals surface area contributed by atoms with Crippen molar-refractivity contribution in [3.63, 3.8) is 0 Å². The molecule has 1 rings (SSSR count). The first-order valence-electron chi connectivity index (χ1n) is 5.88. The van der Waals surface area contributed by atoms with Crippen LogP contribution in [0.15, 0.2) is 30.3 Å². The minimum atomic E-state index is -1.44. The molecular weight excluding hydrogens is 230 g/mol. The topological polar surface area (TPSA) is 57.6 Å². The van der Waals surface area contributed by atoms with Crippen molar-refractivity contribution in [2.45, 2.75) is 13.8 Å². The van der Waals surface area contributed by atoms with Crippen LogP contribution in [-0.4, -0.2) is 29.9 Å². The second-order valence-corrected chi connectivity index (χ2v) is 3.77. The van der Waals surface area contributed by atoms with E-state index in [1.165, 1.54) is 6.08 Å². The standard InChI is InChI=1S/C14H17NO3/c1-3-15(4-2)12-8-5-11(6-9-12)7-10-13(16)14(17)18/h5-10H,3-4H2,1-2H3,(H,17,18)/b10-7+. The molecule has 0 aliphatic heterocycles. The van der Waals surface area contributed by atoms with Crippen molar-refractivity contribution < 1.29 is 14.7 Å². The van der Waals surface area contributed by atoms with Gasteiger partial charge in [0.1, 0.15) is 0 Å². The number of rotatable bonds is 6. The number of aliphatic carboxylic acids is 1. The fraction of sp³-hybridized carbons (Fsp3) is 0.286. The molecule has 0 atom stereocenters. The van der Waals surface area contributed by atoms with E-state index in [1.54, 1.807) is 0 Å². The summed E-state index contributed by atoms with van der Waals surface area (Å²) in [6, 6.07) is 7.63. The molecule has 1 aromatic rings. The average molecular weight is 247 g/mol. The van der Waals surface area contributed by atoms with Crippen molar-refractivity contribution >= 4 is 23.5 Å². The van der Waals surface area contributed by atoms with Gasteiger partial charge in [0.25, 0.3) is 5.78 Å². The quantitative estimate of drug-likeness (QED) is 0.618. The Morgan fingerprint density at radius 1 is 1.17 bits per heavy atom. The maximum atomic E-state index is 10.9. The number of benzene rings is 1. The number of carbonyl (C=O) groups excluding carboxylic acids is 1. The first kappa shape index (κ1) is 14.0. The third-order valence-electron chi connectivity index (χ3n) is 2.66. The molecule has 0 saturated heterocycles. The maximum absolute atomic E-state index is 10.9. The zero-order valence-corrected chi connectivity index (χ0v) is 10.6. The number of nitrogens with zero attached hydrogens (tertiary/aromatic N) is 1. The normalized spacial score (nSPS) is 10.6. The predicted molar refractivity (Wildman–Crippen MR) is 71.7 cm³/mol. The van der Waals surface area contributed by atoms with E-state index >= 15 is 0 Å². The van der Waals surface area contributed by atoms with E-state index < -0.39 is 11.8 Å². The Bertz CT molecular complexity index is 445. The summed E-state index contributed by atoms with van der Waals surface area (Å²) in [5.41, 5.74) is 1.92. The lowest BCUT2D eigenvalue weighted by Crippen LogP contribution is -2.21. The highest BCUT2D eigenvalue weighted by Gasteiger charge is 2.05. The first-order valence-corrected chi connectivity index (χ1v) is 5.88. The predicted octanol–water partition coefficient (Wildman–Crippen LogP) is 2.20. The van der Waals surface area contributed by atoms with E-state index in [2.05, 4.69) is 18.7 Å². The van der Waals surface area contributed by atoms with Gasteiger partial charge in [-0.3, -0.25) is 4.79 Å². The van der Waals surface area contributed by atoms with Crippen LogP contribution in [0.5, 0.6) is 0 Å². The van der Waals surface area contributed by atoms with Crippen LogP contribution in [0.4, 0.5) is 5.69 Å². The molecule has 0 aliphatic carbocycles. The first-order chi connectivity index (χ1) is 8.58. The van der Waals surface area contributed by atoms with Gasteiger partial charge in [0.2, 0.25) is 0 Å². The number of carboxylic acid groups (broad SMARTS) is 1. The van der Waals surface area contributed by atoms with Gasteiger partial charge in [-0.15, -0.1) is 0 Å². The van der Waals surface area contributed by atoms with Crippen LogP contribution in [0, 0.1) is 0 Å². The lowest BCUT2D eigenvalue weighted by molar-refractivity contribution is -0.146. The molecule has 0 radical (unpaired) electrons. The SMILES string of the molecule is CCN(CC)c1ccc(/C=C/C(=O)C(=O)O)cc1. The van der Waals surface area contributed by atoms with Crippen molar-refractivity contribution in [3.8, 4) is 0 Å². The van der Waals surface area contributed by atoms with Crippen LogP contribution in [0.3, 0.4) is 0 Å². The van der Waals surface area contributed by atoms with E-state index in [4.69, 9.17) is 5.11 Å². The molecule has 0 aliphatic rings. The van der Waals surface area contributed by atoms with Crippen LogP contribution in [0.25, 0.3) is 6.08 Å². The molecule has 0 unspecified atom stereocenters. The Morgan fingerprint density at radius 3 is 2.17 bits per heavy atom. The number of anilines is 1. The lowest BCUT2D eigenvalue weighted by atomic mass is 10.1. The van der Waals surface area contributed by atoms with Crippen LogP contribution in [0.2, 0.25) is 0 Å². The van der Waals surface area contributed by atoms with Gasteiger partial charge in [-0.25, -0.2) is 4.79 Å². The van der Waals surface area contributed by atoms with Gasteiger partial charge in [-0.1, -0.05) is 18.2 Å². The Hall–Kier alpha value is -2.10. The number of hydrogen-bond donors (Lipinski definition) is 1. The van der Waals surface area contributed by atoms with Crippen LogP contribution in [-0.2, 0) is 9.59 Å². The van der Waals surface area contributed by atoms with Crippen molar-refractivity contribution in [1.82, 2.24) is 0 Å². The molecule has 0 heterocycles. The summed E-state index contributed by atoms with van der Waals surface area (Å²) >= 11 is 0. The van der Waals surface area contributed by atoms with Gasteiger partial charge >= 0.3 is 5.97 Å². The second kappa shape index (κ2) is 6.59. The summed E-state index contributed by atoms with van der Waals surface area (Å²) in [6.07, 6.45) is 2.57. The Kier molecular flexibility index (Phi) is 5.11. The van der Waals surface area contributed by atoms with Crippen molar-refractivity contribution in [2.75, 3.05) is 18.0 Å². The molecule has 0 bridgehead atoms. The summed E-state index contributed by atoms with van der Waals surface area (Å²) in [4.78, 5) is 23.4. The summed E-state index contributed by atoms with van der Waals surface area (Å²) in [6.45, 7) is 6.04. The molecule has 4 nitrogen and oxygen atoms in total. The summed E-state index contributed by atoms with van der Waals surface area (Å²) in [7, 11) is 0. The summed E-state index contributed by atoms with van der Waals surface area (Å²) < 4.78 is 0. The summed E-state index contributed by atoms with van der Waals surface area (Å²) in [5, 5.41) is 8.43. The van der Waals surface area contributed by atoms with Gasteiger partial charge in [0.15, 0.2) is 0 Å². The Balaban J connectivity index is 2.77. The largest absolute Gasteiger partial charge is 0.475 e. The minimum absolute atomic E-state index is 0.806. The van der Waals surface area contributed by atoms with E-state index in [0.29, 0.717) is 0 Å². The number of ketones is 1. The highest BCUT2D eigenvalue weighted by Crippen LogP contribution is 2.15. The fourth-order valence-corrected chi connectivity index (χ4v) is 1.63. The van der Waals surface area contributed by atoms with Gasteiger partial charge in [-0.2, -0.15) is 0 Å². The molecule has 0 fully saturated rings. The Morgan fingerprint density at radius 2 is 1.72 bits per heavy atom. The fourth-order valence-electron chi connectivity index (χ4n) is 1.63. The van der Waals surface area contributed by atoms with Crippen molar-refractivity contribution in [3.05, 3.63) is 35.9 Å². The van der Waals surface area contributed by atoms with Gasteiger partial charge < -0.3 is 10.0 Å². The van der Waals surface area contributed by atoms with Crippen molar-refractivity contribution in [2.24, 2.45) is 0 Å². The molecule has 4 heteroatoms. The highest BCUT2D eigenvalue weighted by atomic mass is 16.4. The molecule has 18 heavy (non-hydrogen) atoms. The smallest absolute Gasteiger partial charge is 0.376 e.